The molecule has 0 aliphatic rings. The number of hydrogen-bond donors (Lipinski definition) is 2. The van der Waals surface area contributed by atoms with E-state index in [0.29, 0.717) is 5.82 Å². The molecule has 1 unspecified atom stereocenters. The molecular weight excluding hydrogens is 322 g/mol. The van der Waals surface area contributed by atoms with Crippen molar-refractivity contribution in [3.05, 3.63) is 52.1 Å². The normalized spacial score (nSPS) is 12.4. The van der Waals surface area contributed by atoms with Gasteiger partial charge < -0.3 is 11.5 Å². The van der Waals surface area contributed by atoms with Gasteiger partial charge in [-0.2, -0.15) is 0 Å². The lowest BCUT2D eigenvalue weighted by Crippen LogP contribution is -2.17. The number of nitrogens with zero attached hydrogens (tertiary/aromatic N) is 1. The second kappa shape index (κ2) is 6.41. The van der Waals surface area contributed by atoms with E-state index in [4.69, 9.17) is 11.5 Å². The zero-order chi connectivity index (χ0) is 13.8. The van der Waals surface area contributed by atoms with Gasteiger partial charge in [0.15, 0.2) is 0 Å². The molecule has 0 aliphatic heterocycles. The van der Waals surface area contributed by atoms with Gasteiger partial charge >= 0.3 is 0 Å². The van der Waals surface area contributed by atoms with Gasteiger partial charge in [-0.25, -0.2) is 4.98 Å². The Morgan fingerprint density at radius 2 is 2.16 bits per heavy atom. The summed E-state index contributed by atoms with van der Waals surface area (Å²) < 4.78 is 1.07. The molecule has 0 saturated heterocycles. The maximum absolute atomic E-state index is 6.23. The summed E-state index contributed by atoms with van der Waals surface area (Å²) in [7, 11) is 0. The summed E-state index contributed by atoms with van der Waals surface area (Å²) in [5.41, 5.74) is 14.2. The van der Waals surface area contributed by atoms with E-state index >= 15 is 0 Å². The summed E-state index contributed by atoms with van der Waals surface area (Å²) in [4.78, 5) is 5.30. The Balaban J connectivity index is 2.07. The maximum atomic E-state index is 6.23. The van der Waals surface area contributed by atoms with Gasteiger partial charge in [0.1, 0.15) is 5.82 Å². The third kappa shape index (κ3) is 3.72. The first-order valence-corrected chi connectivity index (χ1v) is 7.70. The highest BCUT2D eigenvalue weighted by atomic mass is 79.9. The standard InChI is InChI=1S/C14H16BrN3S/c1-9-5-6-18-14(17)13(9)12(16)8-19-11-4-2-3-10(15)7-11/h2-7,12H,8,16H2,1H3,(H2,17,18). The smallest absolute Gasteiger partial charge is 0.128 e. The highest BCUT2D eigenvalue weighted by Crippen LogP contribution is 2.28. The van der Waals surface area contributed by atoms with E-state index in [1.54, 1.807) is 18.0 Å². The minimum atomic E-state index is -0.113. The number of benzene rings is 1. The predicted molar refractivity (Wildman–Crippen MR) is 85.2 cm³/mol. The van der Waals surface area contributed by atoms with Gasteiger partial charge in [-0.05, 0) is 36.8 Å². The Labute approximate surface area is 125 Å². The Morgan fingerprint density at radius 1 is 1.37 bits per heavy atom. The van der Waals surface area contributed by atoms with Crippen molar-refractivity contribution in [1.82, 2.24) is 4.98 Å². The number of nitrogens with two attached hydrogens (primary N) is 2. The van der Waals surface area contributed by atoms with E-state index in [-0.39, 0.29) is 6.04 Å². The molecular formula is C14H16BrN3S. The number of thioether (sulfide) groups is 1. The topological polar surface area (TPSA) is 64.9 Å². The number of aryl methyl sites for hydroxylation is 1. The highest BCUT2D eigenvalue weighted by Gasteiger charge is 2.13. The number of pyridine rings is 1. The van der Waals surface area contributed by atoms with Crippen LogP contribution < -0.4 is 11.5 Å². The summed E-state index contributed by atoms with van der Waals surface area (Å²) in [5.74, 6) is 1.30. The lowest BCUT2D eigenvalue weighted by Gasteiger charge is -2.16. The SMILES string of the molecule is Cc1ccnc(N)c1C(N)CSc1cccc(Br)c1. The summed E-state index contributed by atoms with van der Waals surface area (Å²) in [6, 6.07) is 10.0. The van der Waals surface area contributed by atoms with Crippen molar-refractivity contribution in [1.29, 1.82) is 0 Å². The molecule has 1 aromatic carbocycles. The molecule has 0 fully saturated rings. The number of aromatic nitrogens is 1. The number of anilines is 1. The van der Waals surface area contributed by atoms with E-state index in [2.05, 4.69) is 33.0 Å². The number of rotatable bonds is 4. The highest BCUT2D eigenvalue weighted by molar-refractivity contribution is 9.10. The van der Waals surface area contributed by atoms with Crippen LogP contribution in [-0.2, 0) is 0 Å². The van der Waals surface area contributed by atoms with E-state index in [1.807, 2.05) is 25.1 Å². The summed E-state index contributed by atoms with van der Waals surface area (Å²) in [5, 5.41) is 0. The van der Waals surface area contributed by atoms with Crippen molar-refractivity contribution in [2.75, 3.05) is 11.5 Å². The minimum Gasteiger partial charge on any atom is -0.383 e. The molecule has 1 aromatic heterocycles. The average Bonchev–Trinajstić information content (AvgIpc) is 2.36. The maximum Gasteiger partial charge on any atom is 0.128 e. The fourth-order valence-corrected chi connectivity index (χ4v) is 3.37. The molecule has 1 heterocycles. The Hall–Kier alpha value is -1.04. The van der Waals surface area contributed by atoms with E-state index < -0.39 is 0 Å². The van der Waals surface area contributed by atoms with Crippen LogP contribution in [0.5, 0.6) is 0 Å². The zero-order valence-corrected chi connectivity index (χ0v) is 13.0. The molecule has 5 heteroatoms. The molecule has 0 aliphatic carbocycles. The Morgan fingerprint density at radius 3 is 2.84 bits per heavy atom. The van der Waals surface area contributed by atoms with Crippen molar-refractivity contribution in [2.45, 2.75) is 17.9 Å². The van der Waals surface area contributed by atoms with Gasteiger partial charge in [-0.15, -0.1) is 11.8 Å². The molecule has 0 bridgehead atoms. The number of nitrogen functional groups attached to an aromatic ring is 1. The van der Waals surface area contributed by atoms with Crippen LogP contribution in [0.4, 0.5) is 5.82 Å². The van der Waals surface area contributed by atoms with Crippen LogP contribution in [0.2, 0.25) is 0 Å². The molecule has 0 spiro atoms. The largest absolute Gasteiger partial charge is 0.383 e. The van der Waals surface area contributed by atoms with Gasteiger partial charge in [0.05, 0.1) is 0 Å². The van der Waals surface area contributed by atoms with Crippen molar-refractivity contribution in [3.8, 4) is 0 Å². The van der Waals surface area contributed by atoms with Gasteiger partial charge in [-0.1, -0.05) is 22.0 Å². The second-order valence-electron chi connectivity index (χ2n) is 4.30. The van der Waals surface area contributed by atoms with Gasteiger partial charge in [0, 0.05) is 32.9 Å². The lowest BCUT2D eigenvalue weighted by atomic mass is 10.1. The Bertz CT molecular complexity index is 554. The number of halogens is 1. The first-order chi connectivity index (χ1) is 9.08. The van der Waals surface area contributed by atoms with Crippen LogP contribution in [0.15, 0.2) is 45.9 Å². The molecule has 2 rings (SSSR count). The third-order valence-corrected chi connectivity index (χ3v) is 4.44. The second-order valence-corrected chi connectivity index (χ2v) is 6.31. The molecule has 2 aromatic rings. The average molecular weight is 338 g/mol. The van der Waals surface area contributed by atoms with Crippen molar-refractivity contribution in [2.24, 2.45) is 5.73 Å². The fourth-order valence-electron chi connectivity index (χ4n) is 1.90. The molecule has 100 valence electrons. The van der Waals surface area contributed by atoms with Crippen LogP contribution in [0, 0.1) is 6.92 Å². The van der Waals surface area contributed by atoms with E-state index in [9.17, 15) is 0 Å². The van der Waals surface area contributed by atoms with Crippen molar-refractivity contribution in [3.63, 3.8) is 0 Å². The summed E-state index contributed by atoms with van der Waals surface area (Å²) >= 11 is 5.18. The molecule has 0 saturated carbocycles. The molecule has 0 amide bonds. The molecule has 1 atom stereocenters. The van der Waals surface area contributed by atoms with Gasteiger partial charge in [0.25, 0.3) is 0 Å². The third-order valence-electron chi connectivity index (χ3n) is 2.84. The van der Waals surface area contributed by atoms with Crippen LogP contribution in [-0.4, -0.2) is 10.7 Å². The summed E-state index contributed by atoms with van der Waals surface area (Å²) in [6.07, 6.45) is 1.71. The Kier molecular flexibility index (Phi) is 4.85. The molecule has 4 N–H and O–H groups in total. The van der Waals surface area contributed by atoms with Crippen LogP contribution in [0.25, 0.3) is 0 Å². The zero-order valence-electron chi connectivity index (χ0n) is 10.6. The number of hydrogen-bond acceptors (Lipinski definition) is 4. The van der Waals surface area contributed by atoms with Crippen molar-refractivity contribution >= 4 is 33.5 Å². The van der Waals surface area contributed by atoms with E-state index in [0.717, 1.165) is 21.4 Å². The fraction of sp³-hybridized carbons (Fsp3) is 0.214. The van der Waals surface area contributed by atoms with Crippen molar-refractivity contribution < 1.29 is 0 Å². The predicted octanol–water partition coefficient (Wildman–Crippen LogP) is 3.53. The molecule has 3 nitrogen and oxygen atoms in total. The first kappa shape index (κ1) is 14.4. The van der Waals surface area contributed by atoms with Crippen LogP contribution >= 0.6 is 27.7 Å². The minimum absolute atomic E-state index is 0.113. The van der Waals surface area contributed by atoms with Crippen LogP contribution in [0.3, 0.4) is 0 Å². The first-order valence-electron chi connectivity index (χ1n) is 5.93. The van der Waals surface area contributed by atoms with Crippen LogP contribution in [0.1, 0.15) is 17.2 Å². The monoisotopic (exact) mass is 337 g/mol. The van der Waals surface area contributed by atoms with Gasteiger partial charge in [0.2, 0.25) is 0 Å². The van der Waals surface area contributed by atoms with Gasteiger partial charge in [-0.3, -0.25) is 0 Å². The lowest BCUT2D eigenvalue weighted by molar-refractivity contribution is 0.819. The quantitative estimate of drug-likeness (QED) is 0.837. The summed E-state index contributed by atoms with van der Waals surface area (Å²) in [6.45, 7) is 2.01. The molecule has 0 radical (unpaired) electrons. The molecule has 19 heavy (non-hydrogen) atoms. The van der Waals surface area contributed by atoms with E-state index in [1.165, 1.54) is 4.90 Å².